The molecule has 7 nitrogen and oxygen atoms in total. The summed E-state index contributed by atoms with van der Waals surface area (Å²) in [6.07, 6.45) is 1.61. The van der Waals surface area contributed by atoms with E-state index in [9.17, 15) is 27.2 Å². The summed E-state index contributed by atoms with van der Waals surface area (Å²) >= 11 is 7.06. The zero-order valence-corrected chi connectivity index (χ0v) is 18.4. The van der Waals surface area contributed by atoms with Crippen molar-refractivity contribution in [2.75, 3.05) is 23.8 Å². The monoisotopic (exact) mass is 502 g/mol. The molecule has 174 valence electrons. The Morgan fingerprint density at radius 2 is 1.91 bits per heavy atom. The fraction of sp³-hybridized carbons (Fsp3) is 0.200. The Hall–Kier alpha value is -3.25. The number of nitrogens with zero attached hydrogens (tertiary/aromatic N) is 3. The highest BCUT2D eigenvalue weighted by Crippen LogP contribution is 2.31. The second kappa shape index (κ2) is 10.1. The lowest BCUT2D eigenvalue weighted by Gasteiger charge is -2.19. The van der Waals surface area contributed by atoms with E-state index < -0.39 is 40.7 Å². The molecular formula is C20H15ClF4N4O3S. The molecule has 0 aliphatic heterocycles. The Balaban J connectivity index is 1.72. The third-order valence-corrected chi connectivity index (χ3v) is 5.47. The first-order chi connectivity index (χ1) is 15.6. The number of aliphatic carboxylic acids is 1. The quantitative estimate of drug-likeness (QED) is 0.256. The van der Waals surface area contributed by atoms with Gasteiger partial charge in [-0.3, -0.25) is 14.9 Å². The van der Waals surface area contributed by atoms with Crippen molar-refractivity contribution in [2.24, 2.45) is 0 Å². The number of rotatable bonds is 8. The Kier molecular flexibility index (Phi) is 7.49. The largest absolute Gasteiger partial charge is 0.481 e. The summed E-state index contributed by atoms with van der Waals surface area (Å²) in [5, 5.41) is 12.5. The molecule has 13 heteroatoms. The van der Waals surface area contributed by atoms with Crippen molar-refractivity contribution in [1.82, 2.24) is 9.97 Å². The zero-order chi connectivity index (χ0) is 24.3. The molecule has 2 aromatic heterocycles. The van der Waals surface area contributed by atoms with Gasteiger partial charge in [-0.2, -0.15) is 0 Å². The van der Waals surface area contributed by atoms with Gasteiger partial charge in [-0.05, 0) is 18.6 Å². The van der Waals surface area contributed by atoms with Gasteiger partial charge in [0, 0.05) is 37.2 Å². The standard InChI is InChI=1S/C20H15ClF4N4O3S/c1-29(4-2-3-14(30)31)18-11(21)5-9(7-26-18)19(32)28-20-27-13(8-33-20)10-6-12(22)16(24)17(25)15(10)23/h5-8H,2-4H2,1H3,(H,30,31)(H,27,28,32). The van der Waals surface area contributed by atoms with Gasteiger partial charge in [0.25, 0.3) is 5.91 Å². The minimum absolute atomic E-state index is 0.00877. The molecule has 0 radical (unpaired) electrons. The lowest BCUT2D eigenvalue weighted by molar-refractivity contribution is -0.137. The van der Waals surface area contributed by atoms with Crippen LogP contribution in [0.5, 0.6) is 0 Å². The molecule has 0 atom stereocenters. The van der Waals surface area contributed by atoms with E-state index in [1.165, 1.54) is 17.6 Å². The Morgan fingerprint density at radius 1 is 1.18 bits per heavy atom. The molecule has 0 saturated heterocycles. The molecule has 3 rings (SSSR count). The number of carbonyl (C=O) groups excluding carboxylic acids is 1. The number of benzene rings is 1. The van der Waals surface area contributed by atoms with Crippen molar-refractivity contribution in [2.45, 2.75) is 12.8 Å². The SMILES string of the molecule is CN(CCCC(=O)O)c1ncc(C(=O)Nc2nc(-c3cc(F)c(F)c(F)c3F)cs2)cc1Cl. The molecule has 33 heavy (non-hydrogen) atoms. The first-order valence-corrected chi connectivity index (χ1v) is 10.5. The number of anilines is 2. The number of carboxylic acids is 1. The molecule has 0 aliphatic rings. The van der Waals surface area contributed by atoms with Crippen LogP contribution in [0.3, 0.4) is 0 Å². The maximum Gasteiger partial charge on any atom is 0.303 e. The number of halogens is 5. The summed E-state index contributed by atoms with van der Waals surface area (Å²) in [7, 11) is 1.67. The third-order valence-electron chi connectivity index (χ3n) is 4.43. The van der Waals surface area contributed by atoms with Crippen LogP contribution < -0.4 is 10.2 Å². The predicted octanol–water partition coefficient (Wildman–Crippen LogP) is 4.97. The van der Waals surface area contributed by atoms with E-state index in [0.29, 0.717) is 24.8 Å². The van der Waals surface area contributed by atoms with E-state index in [1.807, 2.05) is 0 Å². The number of pyridine rings is 1. The van der Waals surface area contributed by atoms with Gasteiger partial charge in [0.05, 0.1) is 16.3 Å². The van der Waals surface area contributed by atoms with E-state index >= 15 is 0 Å². The molecule has 0 bridgehead atoms. The summed E-state index contributed by atoms with van der Waals surface area (Å²) in [4.78, 5) is 32.8. The van der Waals surface area contributed by atoms with Gasteiger partial charge in [-0.25, -0.2) is 27.5 Å². The first-order valence-electron chi connectivity index (χ1n) is 9.27. The van der Waals surface area contributed by atoms with Crippen molar-refractivity contribution >= 4 is 45.8 Å². The second-order valence-corrected chi connectivity index (χ2v) is 8.05. The second-order valence-electron chi connectivity index (χ2n) is 6.79. The van der Waals surface area contributed by atoms with Gasteiger partial charge in [0.1, 0.15) is 5.82 Å². The summed E-state index contributed by atoms with van der Waals surface area (Å²) in [6, 6.07) is 1.83. The van der Waals surface area contributed by atoms with Crippen LogP contribution in [0.25, 0.3) is 11.3 Å². The van der Waals surface area contributed by atoms with E-state index in [4.69, 9.17) is 16.7 Å². The number of aromatic nitrogens is 2. The molecule has 0 saturated carbocycles. The van der Waals surface area contributed by atoms with Gasteiger partial charge in [0.2, 0.25) is 0 Å². The Bertz CT molecular complexity index is 1220. The molecule has 0 unspecified atom stereocenters. The third kappa shape index (κ3) is 5.57. The maximum atomic E-state index is 14.0. The van der Waals surface area contributed by atoms with E-state index in [-0.39, 0.29) is 27.8 Å². The van der Waals surface area contributed by atoms with Crippen molar-refractivity contribution in [3.05, 3.63) is 57.6 Å². The van der Waals surface area contributed by atoms with Gasteiger partial charge in [-0.15, -0.1) is 11.3 Å². The molecule has 0 fully saturated rings. The van der Waals surface area contributed by atoms with Gasteiger partial charge < -0.3 is 10.0 Å². The number of hydrogen-bond acceptors (Lipinski definition) is 6. The highest BCUT2D eigenvalue weighted by molar-refractivity contribution is 7.14. The zero-order valence-electron chi connectivity index (χ0n) is 16.8. The number of carbonyl (C=O) groups is 2. The normalized spacial score (nSPS) is 10.8. The molecular weight excluding hydrogens is 488 g/mol. The number of hydrogen-bond donors (Lipinski definition) is 2. The molecule has 1 aromatic carbocycles. The molecule has 3 aromatic rings. The maximum absolute atomic E-state index is 14.0. The average molecular weight is 503 g/mol. The van der Waals surface area contributed by atoms with Crippen LogP contribution in [-0.4, -0.2) is 40.5 Å². The lowest BCUT2D eigenvalue weighted by Crippen LogP contribution is -2.21. The van der Waals surface area contributed by atoms with Crippen LogP contribution in [0, 0.1) is 23.3 Å². The Morgan fingerprint density at radius 3 is 2.58 bits per heavy atom. The summed E-state index contributed by atoms with van der Waals surface area (Å²) in [5.41, 5.74) is -0.715. The van der Waals surface area contributed by atoms with Crippen molar-refractivity contribution in [3.8, 4) is 11.3 Å². The minimum Gasteiger partial charge on any atom is -0.481 e. The van der Waals surface area contributed by atoms with Crippen LogP contribution in [0.2, 0.25) is 5.02 Å². The summed E-state index contributed by atoms with van der Waals surface area (Å²) in [6.45, 7) is 0.383. The van der Waals surface area contributed by atoms with Crippen LogP contribution in [0.15, 0.2) is 23.7 Å². The van der Waals surface area contributed by atoms with Gasteiger partial charge >= 0.3 is 5.97 Å². The number of amides is 1. The van der Waals surface area contributed by atoms with Crippen LogP contribution in [0.4, 0.5) is 28.5 Å². The van der Waals surface area contributed by atoms with Gasteiger partial charge in [0.15, 0.2) is 28.4 Å². The van der Waals surface area contributed by atoms with Crippen LogP contribution in [0.1, 0.15) is 23.2 Å². The highest BCUT2D eigenvalue weighted by Gasteiger charge is 2.22. The average Bonchev–Trinajstić information content (AvgIpc) is 3.22. The minimum atomic E-state index is -1.96. The highest BCUT2D eigenvalue weighted by atomic mass is 35.5. The molecule has 1 amide bonds. The first kappa shape index (κ1) is 24.4. The van der Waals surface area contributed by atoms with E-state index in [0.717, 1.165) is 11.3 Å². The Labute approximate surface area is 193 Å². The van der Waals surface area contributed by atoms with Crippen molar-refractivity contribution in [1.29, 1.82) is 0 Å². The summed E-state index contributed by atoms with van der Waals surface area (Å²) < 4.78 is 54.0. The molecule has 0 aliphatic carbocycles. The van der Waals surface area contributed by atoms with E-state index in [2.05, 4.69) is 15.3 Å². The summed E-state index contributed by atoms with van der Waals surface area (Å²) in [5.74, 6) is -8.28. The molecule has 0 spiro atoms. The number of carboxylic acid groups (broad SMARTS) is 1. The van der Waals surface area contributed by atoms with Gasteiger partial charge in [-0.1, -0.05) is 11.6 Å². The van der Waals surface area contributed by atoms with Crippen molar-refractivity contribution < 1.29 is 32.3 Å². The van der Waals surface area contributed by atoms with E-state index in [1.54, 1.807) is 11.9 Å². The van der Waals surface area contributed by atoms with Crippen LogP contribution >= 0.6 is 22.9 Å². The number of nitrogens with one attached hydrogen (secondary N) is 1. The fourth-order valence-corrected chi connectivity index (χ4v) is 3.81. The molecule has 2 heterocycles. The smallest absolute Gasteiger partial charge is 0.303 e. The van der Waals surface area contributed by atoms with Crippen molar-refractivity contribution in [3.63, 3.8) is 0 Å². The molecule has 2 N–H and O–H groups in total. The predicted molar refractivity (Wildman–Crippen MR) is 115 cm³/mol. The van der Waals surface area contributed by atoms with Crippen LogP contribution in [-0.2, 0) is 4.79 Å². The lowest BCUT2D eigenvalue weighted by atomic mass is 10.1. The topological polar surface area (TPSA) is 95.4 Å². The number of thiazole rings is 1. The fourth-order valence-electron chi connectivity index (χ4n) is 2.79.